The fraction of sp³-hybridized carbons (Fsp3) is 0.706. The smallest absolute Gasteiger partial charge is 0.306 e. The molecule has 0 aromatic heterocycles. The van der Waals surface area contributed by atoms with Crippen LogP contribution in [-0.4, -0.2) is 41.6 Å². The lowest BCUT2D eigenvalue weighted by Crippen LogP contribution is -2.48. The third-order valence-corrected chi connectivity index (χ3v) is 3.74. The average Bonchev–Trinajstić information content (AvgIpc) is 2.40. The molecule has 1 rings (SSSR count). The Balaban J connectivity index is 3.12. The van der Waals surface area contributed by atoms with Gasteiger partial charge in [-0.15, -0.1) is 0 Å². The summed E-state index contributed by atoms with van der Waals surface area (Å²) in [6.45, 7) is 8.29. The Hall–Kier alpha value is -1.69. The molecule has 1 N–H and O–H groups in total. The number of hydrogen-bond acceptors (Lipinski definition) is 6. The molecule has 0 aromatic carbocycles. The molecule has 6 heteroatoms. The summed E-state index contributed by atoms with van der Waals surface area (Å²) in [5.41, 5.74) is 0.107. The molecule has 6 nitrogen and oxygen atoms in total. The predicted molar refractivity (Wildman–Crippen MR) is 83.4 cm³/mol. The van der Waals surface area contributed by atoms with Crippen molar-refractivity contribution >= 4 is 17.7 Å². The molecule has 0 saturated heterocycles. The monoisotopic (exact) mass is 326 g/mol. The van der Waals surface area contributed by atoms with Crippen molar-refractivity contribution in [1.82, 2.24) is 0 Å². The van der Waals surface area contributed by atoms with Crippen molar-refractivity contribution in [3.05, 3.63) is 11.6 Å². The van der Waals surface area contributed by atoms with Gasteiger partial charge in [-0.3, -0.25) is 14.4 Å². The summed E-state index contributed by atoms with van der Waals surface area (Å²) in [7, 11) is 0. The maximum atomic E-state index is 12.5. The molecule has 0 fully saturated rings. The van der Waals surface area contributed by atoms with E-state index in [1.165, 1.54) is 13.0 Å². The molecule has 3 atom stereocenters. The van der Waals surface area contributed by atoms with Crippen LogP contribution in [0, 0.1) is 17.8 Å². The minimum atomic E-state index is -1.04. The van der Waals surface area contributed by atoms with Crippen LogP contribution in [0.5, 0.6) is 0 Å². The molecule has 130 valence electrons. The molecule has 0 aliphatic heterocycles. The number of aliphatic hydroxyl groups is 1. The van der Waals surface area contributed by atoms with E-state index in [9.17, 15) is 19.5 Å². The molecule has 0 bridgehead atoms. The standard InChI is InChI=1S/C17H26O6/c1-9(2)6-14(20)23-17-15(10(3)4)13(22-11(5)19)7-12(8-18)16(17)21/h7,9-10,13,15,17-18H,6,8H2,1-5H3/t13-,15+,17+/m0/s1. The number of carbonyl (C=O) groups is 3. The van der Waals surface area contributed by atoms with Gasteiger partial charge in [0.15, 0.2) is 6.10 Å². The van der Waals surface area contributed by atoms with Gasteiger partial charge in [-0.05, 0) is 17.9 Å². The van der Waals surface area contributed by atoms with Crippen molar-refractivity contribution < 1.29 is 29.0 Å². The zero-order valence-electron chi connectivity index (χ0n) is 14.4. The topological polar surface area (TPSA) is 89.9 Å². The molecule has 1 aliphatic rings. The van der Waals surface area contributed by atoms with Gasteiger partial charge in [0, 0.05) is 24.8 Å². The van der Waals surface area contributed by atoms with E-state index in [4.69, 9.17) is 9.47 Å². The highest BCUT2D eigenvalue weighted by atomic mass is 16.6. The minimum absolute atomic E-state index is 0.0587. The third-order valence-electron chi connectivity index (χ3n) is 3.74. The zero-order chi connectivity index (χ0) is 17.7. The van der Waals surface area contributed by atoms with Gasteiger partial charge in [0.05, 0.1) is 6.61 Å². The van der Waals surface area contributed by atoms with Crippen LogP contribution in [0.25, 0.3) is 0 Å². The average molecular weight is 326 g/mol. The Labute approximate surface area is 136 Å². The Morgan fingerprint density at radius 3 is 2.26 bits per heavy atom. The van der Waals surface area contributed by atoms with Gasteiger partial charge >= 0.3 is 11.9 Å². The summed E-state index contributed by atoms with van der Waals surface area (Å²) in [5, 5.41) is 9.37. The van der Waals surface area contributed by atoms with Crippen LogP contribution in [0.3, 0.4) is 0 Å². The second-order valence-corrected chi connectivity index (χ2v) is 6.62. The lowest BCUT2D eigenvalue weighted by atomic mass is 9.77. The van der Waals surface area contributed by atoms with E-state index in [2.05, 4.69) is 0 Å². The van der Waals surface area contributed by atoms with Crippen molar-refractivity contribution in [3.8, 4) is 0 Å². The highest BCUT2D eigenvalue weighted by Crippen LogP contribution is 2.32. The van der Waals surface area contributed by atoms with Crippen molar-refractivity contribution in [3.63, 3.8) is 0 Å². The van der Waals surface area contributed by atoms with Gasteiger partial charge in [-0.1, -0.05) is 27.7 Å². The van der Waals surface area contributed by atoms with Crippen molar-refractivity contribution in [2.24, 2.45) is 17.8 Å². The maximum absolute atomic E-state index is 12.5. The van der Waals surface area contributed by atoms with Crippen molar-refractivity contribution in [2.45, 2.75) is 53.2 Å². The molecule has 0 heterocycles. The summed E-state index contributed by atoms with van der Waals surface area (Å²) in [4.78, 5) is 35.8. The quantitative estimate of drug-likeness (QED) is 0.747. The Morgan fingerprint density at radius 1 is 1.22 bits per heavy atom. The van der Waals surface area contributed by atoms with Gasteiger partial charge in [0.2, 0.25) is 5.78 Å². The molecular weight excluding hydrogens is 300 g/mol. The fourth-order valence-corrected chi connectivity index (χ4v) is 2.74. The summed E-state index contributed by atoms with van der Waals surface area (Å²) in [6.07, 6.45) is -0.0893. The molecule has 0 radical (unpaired) electrons. The van der Waals surface area contributed by atoms with Crippen LogP contribution in [0.15, 0.2) is 11.6 Å². The lowest BCUT2D eigenvalue weighted by Gasteiger charge is -2.37. The predicted octanol–water partition coefficient (Wildman–Crippen LogP) is 1.65. The number of hydrogen-bond donors (Lipinski definition) is 1. The summed E-state index contributed by atoms with van der Waals surface area (Å²) in [6, 6.07) is 0. The molecule has 1 aliphatic carbocycles. The minimum Gasteiger partial charge on any atom is -0.458 e. The highest BCUT2D eigenvalue weighted by Gasteiger charge is 2.44. The lowest BCUT2D eigenvalue weighted by molar-refractivity contribution is -0.167. The number of aliphatic hydroxyl groups excluding tert-OH is 1. The van der Waals surface area contributed by atoms with Crippen LogP contribution < -0.4 is 0 Å². The maximum Gasteiger partial charge on any atom is 0.306 e. The number of rotatable bonds is 6. The van der Waals surface area contributed by atoms with Crippen LogP contribution in [0.4, 0.5) is 0 Å². The van der Waals surface area contributed by atoms with Crippen LogP contribution in [0.2, 0.25) is 0 Å². The second-order valence-electron chi connectivity index (χ2n) is 6.62. The summed E-state index contributed by atoms with van der Waals surface area (Å²) in [5.74, 6) is -1.81. The molecule has 0 unspecified atom stereocenters. The van der Waals surface area contributed by atoms with Gasteiger partial charge in [-0.25, -0.2) is 0 Å². The Kier molecular flexibility index (Phi) is 6.94. The summed E-state index contributed by atoms with van der Waals surface area (Å²) >= 11 is 0. The first kappa shape index (κ1) is 19.4. The molecule has 0 saturated carbocycles. The van der Waals surface area contributed by atoms with Gasteiger partial charge in [0.1, 0.15) is 6.10 Å². The zero-order valence-corrected chi connectivity index (χ0v) is 14.4. The first-order valence-electron chi connectivity index (χ1n) is 7.89. The second kappa shape index (κ2) is 8.24. The number of ether oxygens (including phenoxy) is 2. The SMILES string of the molecule is CC(=O)O[C@H]1C=C(CO)C(=O)[C@H](OC(=O)CC(C)C)[C@@H]1C(C)C. The van der Waals surface area contributed by atoms with Crippen molar-refractivity contribution in [1.29, 1.82) is 0 Å². The molecule has 23 heavy (non-hydrogen) atoms. The van der Waals surface area contributed by atoms with Crippen LogP contribution in [0.1, 0.15) is 41.0 Å². The normalized spacial score (nSPS) is 24.6. The Morgan fingerprint density at radius 2 is 1.83 bits per heavy atom. The first-order valence-corrected chi connectivity index (χ1v) is 7.89. The van der Waals surface area contributed by atoms with Gasteiger partial charge in [-0.2, -0.15) is 0 Å². The molecular formula is C17H26O6. The molecule has 0 aromatic rings. The van der Waals surface area contributed by atoms with E-state index in [-0.39, 0.29) is 23.8 Å². The van der Waals surface area contributed by atoms with Gasteiger partial charge < -0.3 is 14.6 Å². The molecule has 0 amide bonds. The number of esters is 2. The van der Waals surface area contributed by atoms with Crippen LogP contribution >= 0.6 is 0 Å². The number of ketones is 1. The van der Waals surface area contributed by atoms with E-state index in [0.29, 0.717) is 0 Å². The number of Topliss-reactive ketones (excluding diaryl/α,β-unsaturated/α-hetero) is 1. The number of carbonyl (C=O) groups excluding carboxylic acids is 3. The van der Waals surface area contributed by atoms with E-state index in [1.54, 1.807) is 0 Å². The highest BCUT2D eigenvalue weighted by molar-refractivity contribution is 6.01. The first-order chi connectivity index (χ1) is 10.7. The third kappa shape index (κ3) is 5.16. The van der Waals surface area contributed by atoms with Crippen LogP contribution in [-0.2, 0) is 23.9 Å². The van der Waals surface area contributed by atoms with E-state index < -0.39 is 42.5 Å². The molecule has 0 spiro atoms. The fourth-order valence-electron chi connectivity index (χ4n) is 2.74. The van der Waals surface area contributed by atoms with Gasteiger partial charge in [0.25, 0.3) is 0 Å². The van der Waals surface area contributed by atoms with E-state index in [0.717, 1.165) is 0 Å². The largest absolute Gasteiger partial charge is 0.458 e. The van der Waals surface area contributed by atoms with E-state index >= 15 is 0 Å². The van der Waals surface area contributed by atoms with E-state index in [1.807, 2.05) is 27.7 Å². The van der Waals surface area contributed by atoms with Crippen molar-refractivity contribution in [2.75, 3.05) is 6.61 Å². The summed E-state index contributed by atoms with van der Waals surface area (Å²) < 4.78 is 10.7. The Bertz CT molecular complexity index is 491.